The van der Waals surface area contributed by atoms with E-state index >= 15 is 0 Å². The number of likely N-dealkylation sites (tertiary alicyclic amines) is 1. The van der Waals surface area contributed by atoms with Crippen LogP contribution in [0.3, 0.4) is 0 Å². The molecule has 1 aliphatic rings. The molecule has 6 nitrogen and oxygen atoms in total. The number of ether oxygens (including phenoxy) is 2. The van der Waals surface area contributed by atoms with Crippen molar-refractivity contribution < 1.29 is 24.5 Å². The molecule has 128 valence electrons. The van der Waals surface area contributed by atoms with Gasteiger partial charge >= 0.3 is 6.09 Å². The van der Waals surface area contributed by atoms with Gasteiger partial charge < -0.3 is 24.6 Å². The lowest BCUT2D eigenvalue weighted by atomic mass is 10.0. The number of hydrogen-bond donors (Lipinski definition) is 2. The Balaban J connectivity index is 1.97. The monoisotopic (exact) mass is 323 g/mol. The van der Waals surface area contributed by atoms with Crippen LogP contribution in [-0.2, 0) is 16.1 Å². The van der Waals surface area contributed by atoms with E-state index in [1.807, 2.05) is 30.3 Å². The summed E-state index contributed by atoms with van der Waals surface area (Å²) in [4.78, 5) is 13.5. The molecule has 2 N–H and O–H groups in total. The van der Waals surface area contributed by atoms with E-state index in [2.05, 4.69) is 0 Å². The second kappa shape index (κ2) is 7.29. The second-order valence-electron chi connectivity index (χ2n) is 6.78. The summed E-state index contributed by atoms with van der Waals surface area (Å²) in [6.45, 7) is 5.86. The number of nitrogens with zero attached hydrogens (tertiary/aromatic N) is 1. The summed E-state index contributed by atoms with van der Waals surface area (Å²) < 4.78 is 11.0. The molecule has 0 spiro atoms. The van der Waals surface area contributed by atoms with Crippen LogP contribution in [0.5, 0.6) is 0 Å². The molecule has 1 heterocycles. The van der Waals surface area contributed by atoms with Crippen molar-refractivity contribution in [2.45, 2.75) is 51.3 Å². The first-order valence-electron chi connectivity index (χ1n) is 7.76. The molecular formula is C17H25NO5. The molecule has 0 aromatic heterocycles. The fourth-order valence-corrected chi connectivity index (χ4v) is 2.39. The number of piperidine rings is 1. The molecule has 3 atom stereocenters. The molecule has 1 aromatic carbocycles. The van der Waals surface area contributed by atoms with E-state index in [9.17, 15) is 15.0 Å². The number of aliphatic hydroxyl groups is 2. The Bertz CT molecular complexity index is 513. The predicted octanol–water partition coefficient (Wildman–Crippen LogP) is 1.54. The van der Waals surface area contributed by atoms with E-state index in [-0.39, 0.29) is 13.1 Å². The van der Waals surface area contributed by atoms with Gasteiger partial charge in [-0.3, -0.25) is 0 Å². The highest BCUT2D eigenvalue weighted by molar-refractivity contribution is 5.68. The SMILES string of the molecule is CC(C)(C)OC(=O)N1C[C@H](O)[C@H](O)[C@H](OCc2ccccc2)C1. The molecular weight excluding hydrogens is 298 g/mol. The van der Waals surface area contributed by atoms with E-state index in [0.717, 1.165) is 5.56 Å². The average Bonchev–Trinajstić information content (AvgIpc) is 2.48. The molecule has 1 aliphatic heterocycles. The summed E-state index contributed by atoms with van der Waals surface area (Å²) in [5.74, 6) is 0. The summed E-state index contributed by atoms with van der Waals surface area (Å²) >= 11 is 0. The van der Waals surface area contributed by atoms with Gasteiger partial charge in [0.15, 0.2) is 0 Å². The zero-order chi connectivity index (χ0) is 17.0. The first-order chi connectivity index (χ1) is 10.8. The van der Waals surface area contributed by atoms with Crippen LogP contribution in [0.2, 0.25) is 0 Å². The summed E-state index contributed by atoms with van der Waals surface area (Å²) in [5.41, 5.74) is 0.349. The lowest BCUT2D eigenvalue weighted by Crippen LogP contribution is -2.58. The Morgan fingerprint density at radius 3 is 2.48 bits per heavy atom. The molecule has 0 saturated carbocycles. The van der Waals surface area contributed by atoms with Crippen LogP contribution in [-0.4, -0.2) is 58.2 Å². The fraction of sp³-hybridized carbons (Fsp3) is 0.588. The molecule has 2 rings (SSSR count). The third-order valence-electron chi connectivity index (χ3n) is 3.54. The lowest BCUT2D eigenvalue weighted by Gasteiger charge is -2.39. The second-order valence-corrected chi connectivity index (χ2v) is 6.78. The van der Waals surface area contributed by atoms with Gasteiger partial charge in [0, 0.05) is 0 Å². The molecule has 0 radical (unpaired) electrons. The smallest absolute Gasteiger partial charge is 0.410 e. The maximum absolute atomic E-state index is 12.1. The van der Waals surface area contributed by atoms with Crippen molar-refractivity contribution in [1.82, 2.24) is 4.90 Å². The van der Waals surface area contributed by atoms with Gasteiger partial charge in [0.1, 0.15) is 23.9 Å². The predicted molar refractivity (Wildman–Crippen MR) is 84.8 cm³/mol. The Kier molecular flexibility index (Phi) is 5.62. The Labute approximate surface area is 136 Å². The fourth-order valence-electron chi connectivity index (χ4n) is 2.39. The van der Waals surface area contributed by atoms with E-state index in [4.69, 9.17) is 9.47 Å². The molecule has 1 aromatic rings. The highest BCUT2D eigenvalue weighted by Crippen LogP contribution is 2.19. The van der Waals surface area contributed by atoms with Crippen molar-refractivity contribution in [3.8, 4) is 0 Å². The van der Waals surface area contributed by atoms with Crippen LogP contribution in [0.15, 0.2) is 30.3 Å². The van der Waals surface area contributed by atoms with Gasteiger partial charge in [-0.15, -0.1) is 0 Å². The largest absolute Gasteiger partial charge is 0.444 e. The molecule has 1 saturated heterocycles. The zero-order valence-electron chi connectivity index (χ0n) is 13.8. The van der Waals surface area contributed by atoms with Crippen molar-refractivity contribution in [2.24, 2.45) is 0 Å². The van der Waals surface area contributed by atoms with Gasteiger partial charge in [0.05, 0.1) is 19.7 Å². The third-order valence-corrected chi connectivity index (χ3v) is 3.54. The summed E-state index contributed by atoms with van der Waals surface area (Å²) in [7, 11) is 0. The Hall–Kier alpha value is -1.63. The Morgan fingerprint density at radius 1 is 1.22 bits per heavy atom. The third kappa shape index (κ3) is 5.20. The van der Waals surface area contributed by atoms with Crippen molar-refractivity contribution in [2.75, 3.05) is 13.1 Å². The molecule has 1 fully saturated rings. The van der Waals surface area contributed by atoms with Crippen LogP contribution in [0.4, 0.5) is 4.79 Å². The van der Waals surface area contributed by atoms with E-state index in [1.54, 1.807) is 20.8 Å². The highest BCUT2D eigenvalue weighted by atomic mass is 16.6. The number of aliphatic hydroxyl groups excluding tert-OH is 2. The van der Waals surface area contributed by atoms with Gasteiger partial charge in [0.2, 0.25) is 0 Å². The van der Waals surface area contributed by atoms with Crippen LogP contribution in [0.1, 0.15) is 26.3 Å². The number of hydrogen-bond acceptors (Lipinski definition) is 5. The van der Waals surface area contributed by atoms with Crippen LogP contribution < -0.4 is 0 Å². The minimum absolute atomic E-state index is 0.0290. The number of β-amino-alcohol motifs (C(OH)–C–C–N with tert-alkyl or cyclic N) is 1. The van der Waals surface area contributed by atoms with E-state index in [0.29, 0.717) is 6.61 Å². The Morgan fingerprint density at radius 2 is 1.87 bits per heavy atom. The number of rotatable bonds is 3. The normalized spacial score (nSPS) is 25.3. The highest BCUT2D eigenvalue weighted by Gasteiger charge is 2.38. The number of amides is 1. The summed E-state index contributed by atoms with van der Waals surface area (Å²) in [5, 5.41) is 20.1. The molecule has 0 bridgehead atoms. The van der Waals surface area contributed by atoms with Crippen molar-refractivity contribution in [1.29, 1.82) is 0 Å². The van der Waals surface area contributed by atoms with Gasteiger partial charge in [-0.05, 0) is 26.3 Å². The van der Waals surface area contributed by atoms with Crippen LogP contribution >= 0.6 is 0 Å². The number of carbonyl (C=O) groups excluding carboxylic acids is 1. The quantitative estimate of drug-likeness (QED) is 0.882. The summed E-state index contributed by atoms with van der Waals surface area (Å²) in [6, 6.07) is 9.54. The van der Waals surface area contributed by atoms with Crippen molar-refractivity contribution >= 4 is 6.09 Å². The minimum atomic E-state index is -1.06. The van der Waals surface area contributed by atoms with Crippen LogP contribution in [0, 0.1) is 0 Å². The van der Waals surface area contributed by atoms with Gasteiger partial charge in [-0.1, -0.05) is 30.3 Å². The van der Waals surface area contributed by atoms with Gasteiger partial charge in [-0.25, -0.2) is 4.79 Å². The summed E-state index contributed by atoms with van der Waals surface area (Å²) in [6.07, 6.45) is -3.27. The average molecular weight is 323 g/mol. The van der Waals surface area contributed by atoms with Crippen LogP contribution in [0.25, 0.3) is 0 Å². The molecule has 23 heavy (non-hydrogen) atoms. The topological polar surface area (TPSA) is 79.2 Å². The molecule has 0 unspecified atom stereocenters. The zero-order valence-corrected chi connectivity index (χ0v) is 13.8. The standard InChI is InChI=1S/C17H25NO5/c1-17(2,3)23-16(21)18-9-13(19)15(20)14(10-18)22-11-12-7-5-4-6-8-12/h4-8,13-15,19-20H,9-11H2,1-3H3/t13-,14+,15-/m0/s1. The molecule has 0 aliphatic carbocycles. The molecule has 1 amide bonds. The maximum Gasteiger partial charge on any atom is 0.410 e. The van der Waals surface area contributed by atoms with Gasteiger partial charge in [-0.2, -0.15) is 0 Å². The van der Waals surface area contributed by atoms with Crippen molar-refractivity contribution in [3.63, 3.8) is 0 Å². The maximum atomic E-state index is 12.1. The minimum Gasteiger partial charge on any atom is -0.444 e. The number of carbonyl (C=O) groups is 1. The first-order valence-corrected chi connectivity index (χ1v) is 7.76. The lowest BCUT2D eigenvalue weighted by molar-refractivity contribution is -0.136. The first kappa shape index (κ1) is 17.7. The number of benzene rings is 1. The van der Waals surface area contributed by atoms with E-state index < -0.39 is 30.0 Å². The molecule has 6 heteroatoms. The van der Waals surface area contributed by atoms with Gasteiger partial charge in [0.25, 0.3) is 0 Å². The van der Waals surface area contributed by atoms with Crippen molar-refractivity contribution in [3.05, 3.63) is 35.9 Å². The van der Waals surface area contributed by atoms with E-state index in [1.165, 1.54) is 4.90 Å².